The lowest BCUT2D eigenvalue weighted by molar-refractivity contribution is -0.138. The molecule has 2 aromatic heterocycles. The van der Waals surface area contributed by atoms with Crippen LogP contribution in [0.5, 0.6) is 0 Å². The number of rotatable bonds is 3. The molecular weight excluding hydrogens is 254 g/mol. The van der Waals surface area contributed by atoms with Gasteiger partial charge in [-0.05, 0) is 36.8 Å². The molecule has 0 amide bonds. The lowest BCUT2D eigenvalue weighted by atomic mass is 10.0. The fraction of sp³-hybridized carbons (Fsp3) is 0.133. The van der Waals surface area contributed by atoms with E-state index < -0.39 is 11.9 Å². The molecule has 0 aliphatic carbocycles. The fourth-order valence-corrected chi connectivity index (χ4v) is 2.09. The SMILES string of the molecule is CC(C(=O)O)c1ccc2nc(-c3ccncc3)[nH]c2c1. The minimum absolute atomic E-state index is 0.535. The monoisotopic (exact) mass is 267 g/mol. The highest BCUT2D eigenvalue weighted by Crippen LogP contribution is 2.23. The molecule has 1 atom stereocenters. The van der Waals surface area contributed by atoms with Gasteiger partial charge in [0, 0.05) is 18.0 Å². The molecule has 0 spiro atoms. The number of fused-ring (bicyclic) bond motifs is 1. The lowest BCUT2D eigenvalue weighted by Gasteiger charge is -2.05. The van der Waals surface area contributed by atoms with Crippen LogP contribution in [0.2, 0.25) is 0 Å². The Morgan fingerprint density at radius 2 is 2.00 bits per heavy atom. The first-order chi connectivity index (χ1) is 9.65. The largest absolute Gasteiger partial charge is 0.481 e. The van der Waals surface area contributed by atoms with Crippen LogP contribution in [0.3, 0.4) is 0 Å². The molecule has 0 radical (unpaired) electrons. The number of aromatic amines is 1. The van der Waals surface area contributed by atoms with Crippen LogP contribution in [-0.2, 0) is 4.79 Å². The highest BCUT2D eigenvalue weighted by Gasteiger charge is 2.15. The maximum atomic E-state index is 11.0. The Kier molecular flexibility index (Phi) is 2.95. The molecule has 3 rings (SSSR count). The molecule has 1 aromatic carbocycles. The van der Waals surface area contributed by atoms with Crippen molar-refractivity contribution in [2.45, 2.75) is 12.8 Å². The third-order valence-corrected chi connectivity index (χ3v) is 3.33. The molecule has 1 unspecified atom stereocenters. The summed E-state index contributed by atoms with van der Waals surface area (Å²) in [6.45, 7) is 1.67. The first-order valence-corrected chi connectivity index (χ1v) is 6.28. The van der Waals surface area contributed by atoms with E-state index in [-0.39, 0.29) is 0 Å². The predicted molar refractivity (Wildman–Crippen MR) is 75.4 cm³/mol. The van der Waals surface area contributed by atoms with Crippen LogP contribution < -0.4 is 0 Å². The molecule has 20 heavy (non-hydrogen) atoms. The molecule has 3 aromatic rings. The van der Waals surface area contributed by atoms with Crippen LogP contribution in [0.15, 0.2) is 42.7 Å². The minimum Gasteiger partial charge on any atom is -0.481 e. The van der Waals surface area contributed by atoms with Crippen molar-refractivity contribution in [1.29, 1.82) is 0 Å². The molecule has 5 nitrogen and oxygen atoms in total. The zero-order chi connectivity index (χ0) is 14.1. The number of aromatic nitrogens is 3. The quantitative estimate of drug-likeness (QED) is 0.764. The molecule has 0 aliphatic heterocycles. The molecule has 0 aliphatic rings. The van der Waals surface area contributed by atoms with Crippen LogP contribution in [0.25, 0.3) is 22.4 Å². The van der Waals surface area contributed by atoms with E-state index in [1.807, 2.05) is 24.3 Å². The molecule has 0 saturated carbocycles. The Bertz CT molecular complexity index is 765. The van der Waals surface area contributed by atoms with Crippen molar-refractivity contribution in [3.05, 3.63) is 48.3 Å². The summed E-state index contributed by atoms with van der Waals surface area (Å²) >= 11 is 0. The topological polar surface area (TPSA) is 78.9 Å². The van der Waals surface area contributed by atoms with Crippen LogP contribution in [0.4, 0.5) is 0 Å². The van der Waals surface area contributed by atoms with Gasteiger partial charge in [0.2, 0.25) is 0 Å². The number of imidazole rings is 1. The number of nitrogens with zero attached hydrogens (tertiary/aromatic N) is 2. The van der Waals surface area contributed by atoms with E-state index in [2.05, 4.69) is 15.0 Å². The molecule has 0 bridgehead atoms. The van der Waals surface area contributed by atoms with Gasteiger partial charge in [-0.15, -0.1) is 0 Å². The van der Waals surface area contributed by atoms with Crippen molar-refractivity contribution in [1.82, 2.24) is 15.0 Å². The summed E-state index contributed by atoms with van der Waals surface area (Å²) in [5.74, 6) is -0.618. The van der Waals surface area contributed by atoms with Crippen LogP contribution in [0, 0.1) is 0 Å². The van der Waals surface area contributed by atoms with Crippen molar-refractivity contribution in [2.75, 3.05) is 0 Å². The number of hydrogen-bond donors (Lipinski definition) is 2. The van der Waals surface area contributed by atoms with Gasteiger partial charge in [-0.1, -0.05) is 6.07 Å². The van der Waals surface area contributed by atoms with Crippen molar-refractivity contribution in [3.63, 3.8) is 0 Å². The maximum Gasteiger partial charge on any atom is 0.310 e. The average molecular weight is 267 g/mol. The molecular formula is C15H13N3O2. The van der Waals surface area contributed by atoms with Gasteiger partial charge in [0.05, 0.1) is 17.0 Å². The first kappa shape index (κ1) is 12.3. The second-order valence-corrected chi connectivity index (χ2v) is 4.66. The highest BCUT2D eigenvalue weighted by atomic mass is 16.4. The molecule has 100 valence electrons. The zero-order valence-electron chi connectivity index (χ0n) is 10.9. The van der Waals surface area contributed by atoms with Crippen molar-refractivity contribution < 1.29 is 9.90 Å². The van der Waals surface area contributed by atoms with E-state index in [0.717, 1.165) is 28.0 Å². The molecule has 0 saturated heterocycles. The second kappa shape index (κ2) is 4.77. The van der Waals surface area contributed by atoms with Crippen LogP contribution >= 0.6 is 0 Å². The fourth-order valence-electron chi connectivity index (χ4n) is 2.09. The third kappa shape index (κ3) is 2.14. The van der Waals surface area contributed by atoms with E-state index in [4.69, 9.17) is 5.11 Å². The summed E-state index contributed by atoms with van der Waals surface area (Å²) in [6, 6.07) is 9.23. The summed E-state index contributed by atoms with van der Waals surface area (Å²) in [7, 11) is 0. The van der Waals surface area contributed by atoms with Gasteiger partial charge < -0.3 is 10.1 Å². The number of carboxylic acid groups (broad SMARTS) is 1. The first-order valence-electron chi connectivity index (χ1n) is 6.28. The summed E-state index contributed by atoms with van der Waals surface area (Å²) < 4.78 is 0. The molecule has 5 heteroatoms. The molecule has 2 heterocycles. The number of nitrogens with one attached hydrogen (secondary N) is 1. The summed E-state index contributed by atoms with van der Waals surface area (Å²) in [5.41, 5.74) is 3.36. The van der Waals surface area contributed by atoms with Gasteiger partial charge in [0.15, 0.2) is 0 Å². The summed E-state index contributed by atoms with van der Waals surface area (Å²) in [6.07, 6.45) is 3.42. The van der Waals surface area contributed by atoms with E-state index in [1.54, 1.807) is 25.4 Å². The van der Waals surface area contributed by atoms with Gasteiger partial charge in [0.1, 0.15) is 5.82 Å². The average Bonchev–Trinajstić information content (AvgIpc) is 2.90. The van der Waals surface area contributed by atoms with Gasteiger partial charge in [0.25, 0.3) is 0 Å². The van der Waals surface area contributed by atoms with Gasteiger partial charge in [-0.3, -0.25) is 9.78 Å². The Morgan fingerprint density at radius 1 is 1.25 bits per heavy atom. The Hall–Kier alpha value is -2.69. The predicted octanol–water partition coefficient (Wildman–Crippen LogP) is 2.81. The number of carbonyl (C=O) groups is 1. The number of benzene rings is 1. The standard InChI is InChI=1S/C15H13N3O2/c1-9(15(19)20)11-2-3-12-13(8-11)18-14(17-12)10-4-6-16-7-5-10/h2-9H,1H3,(H,17,18)(H,19,20). The normalized spacial score (nSPS) is 12.4. The molecule has 2 N–H and O–H groups in total. The molecule has 0 fully saturated rings. The summed E-state index contributed by atoms with van der Waals surface area (Å²) in [5, 5.41) is 9.06. The lowest BCUT2D eigenvalue weighted by Crippen LogP contribution is -2.06. The van der Waals surface area contributed by atoms with Crippen LogP contribution in [0.1, 0.15) is 18.4 Å². The van der Waals surface area contributed by atoms with E-state index in [9.17, 15) is 4.79 Å². The van der Waals surface area contributed by atoms with Gasteiger partial charge >= 0.3 is 5.97 Å². The van der Waals surface area contributed by atoms with E-state index in [1.165, 1.54) is 0 Å². The maximum absolute atomic E-state index is 11.0. The Labute approximate surface area is 115 Å². The highest BCUT2D eigenvalue weighted by molar-refractivity contribution is 5.82. The number of pyridine rings is 1. The Morgan fingerprint density at radius 3 is 2.70 bits per heavy atom. The Balaban J connectivity index is 2.06. The minimum atomic E-state index is -0.835. The second-order valence-electron chi connectivity index (χ2n) is 4.66. The van der Waals surface area contributed by atoms with Gasteiger partial charge in [-0.25, -0.2) is 4.98 Å². The summed E-state index contributed by atoms with van der Waals surface area (Å²) in [4.78, 5) is 22.7. The van der Waals surface area contributed by atoms with Crippen molar-refractivity contribution in [3.8, 4) is 11.4 Å². The number of hydrogen-bond acceptors (Lipinski definition) is 3. The van der Waals surface area contributed by atoms with Crippen molar-refractivity contribution >= 4 is 17.0 Å². The van der Waals surface area contributed by atoms with Gasteiger partial charge in [-0.2, -0.15) is 0 Å². The number of H-pyrrole nitrogens is 1. The zero-order valence-corrected chi connectivity index (χ0v) is 10.9. The van der Waals surface area contributed by atoms with E-state index >= 15 is 0 Å². The van der Waals surface area contributed by atoms with Crippen molar-refractivity contribution in [2.24, 2.45) is 0 Å². The van der Waals surface area contributed by atoms with E-state index in [0.29, 0.717) is 0 Å². The third-order valence-electron chi connectivity index (χ3n) is 3.33. The number of aliphatic carboxylic acids is 1. The van der Waals surface area contributed by atoms with Crippen LogP contribution in [-0.4, -0.2) is 26.0 Å². The smallest absolute Gasteiger partial charge is 0.310 e. The number of carboxylic acids is 1.